The second kappa shape index (κ2) is 11.3. The Bertz CT molecular complexity index is 1410. The Labute approximate surface area is 211 Å². The summed E-state index contributed by atoms with van der Waals surface area (Å²) in [5.41, 5.74) is 2.06. The van der Waals surface area contributed by atoms with Gasteiger partial charge in [-0.25, -0.2) is 25.5 Å². The summed E-state index contributed by atoms with van der Waals surface area (Å²) in [6.07, 6.45) is 0. The molecule has 36 heavy (non-hydrogen) atoms. The summed E-state index contributed by atoms with van der Waals surface area (Å²) in [6, 6.07) is 17.7. The first-order valence-corrected chi connectivity index (χ1v) is 13.9. The minimum atomic E-state index is -4.03. The van der Waals surface area contributed by atoms with Crippen LogP contribution in [0.25, 0.3) is 0 Å². The topological polar surface area (TPSA) is 104 Å². The zero-order chi connectivity index (χ0) is 26.5. The molecular weight excluding hydrogens is 505 g/mol. The number of nitrogens with zero attached hydrogens (tertiary/aromatic N) is 2. The zero-order valence-electron chi connectivity index (χ0n) is 20.2. The Morgan fingerprint density at radius 1 is 0.778 bits per heavy atom. The van der Waals surface area contributed by atoms with E-state index >= 15 is 0 Å². The normalized spacial score (nSPS) is 12.2. The van der Waals surface area contributed by atoms with E-state index in [0.717, 1.165) is 14.2 Å². The number of halogens is 1. The Hall–Kier alpha value is -3.12. The van der Waals surface area contributed by atoms with E-state index in [-0.39, 0.29) is 22.9 Å². The van der Waals surface area contributed by atoms with Crippen molar-refractivity contribution in [2.75, 3.05) is 20.6 Å². The highest BCUT2D eigenvalue weighted by molar-refractivity contribution is 7.89. The van der Waals surface area contributed by atoms with Crippen molar-refractivity contribution < 1.29 is 26.0 Å². The average Bonchev–Trinajstić information content (AvgIpc) is 2.84. The predicted molar refractivity (Wildman–Crippen MR) is 134 cm³/mol. The predicted octanol–water partition coefficient (Wildman–Crippen LogP) is 2.89. The molecule has 0 aliphatic rings. The van der Waals surface area contributed by atoms with Gasteiger partial charge in [0.2, 0.25) is 26.0 Å². The van der Waals surface area contributed by atoms with Crippen molar-refractivity contribution in [3.8, 4) is 0 Å². The van der Waals surface area contributed by atoms with E-state index in [4.69, 9.17) is 0 Å². The summed E-state index contributed by atoms with van der Waals surface area (Å²) >= 11 is 0. The Kier molecular flexibility index (Phi) is 8.62. The molecule has 3 aromatic rings. The third-order valence-corrected chi connectivity index (χ3v) is 9.08. The fraction of sp³-hybridized carbons (Fsp3) is 0.240. The summed E-state index contributed by atoms with van der Waals surface area (Å²) < 4.78 is 66.5. The van der Waals surface area contributed by atoms with Crippen LogP contribution in [0.4, 0.5) is 4.39 Å². The van der Waals surface area contributed by atoms with Crippen LogP contribution in [-0.2, 0) is 37.9 Å². The van der Waals surface area contributed by atoms with Crippen LogP contribution < -0.4 is 5.32 Å². The van der Waals surface area contributed by atoms with Crippen LogP contribution in [0.2, 0.25) is 0 Å². The van der Waals surface area contributed by atoms with Gasteiger partial charge in [0.05, 0.1) is 16.3 Å². The molecule has 0 spiro atoms. The van der Waals surface area contributed by atoms with Crippen molar-refractivity contribution in [3.05, 3.63) is 95.3 Å². The van der Waals surface area contributed by atoms with Crippen LogP contribution in [0.5, 0.6) is 0 Å². The van der Waals surface area contributed by atoms with E-state index < -0.39 is 38.3 Å². The third kappa shape index (κ3) is 6.76. The molecule has 0 saturated carbocycles. The number of carbonyl (C=O) groups is 1. The van der Waals surface area contributed by atoms with E-state index in [1.165, 1.54) is 62.6 Å². The minimum Gasteiger partial charge on any atom is -0.351 e. The van der Waals surface area contributed by atoms with Gasteiger partial charge in [0, 0.05) is 27.2 Å². The molecule has 0 radical (unpaired) electrons. The lowest BCUT2D eigenvalue weighted by Crippen LogP contribution is -2.40. The molecule has 0 atom stereocenters. The van der Waals surface area contributed by atoms with Gasteiger partial charge in [-0.15, -0.1) is 0 Å². The van der Waals surface area contributed by atoms with E-state index in [9.17, 15) is 26.0 Å². The monoisotopic (exact) mass is 533 g/mol. The molecule has 0 unspecified atom stereocenters. The molecule has 0 fully saturated rings. The number of hydrogen-bond donors (Lipinski definition) is 1. The number of aryl methyl sites for hydroxylation is 1. The Morgan fingerprint density at radius 2 is 1.28 bits per heavy atom. The highest BCUT2D eigenvalue weighted by atomic mass is 32.2. The molecule has 3 rings (SSSR count). The van der Waals surface area contributed by atoms with E-state index in [2.05, 4.69) is 5.32 Å². The fourth-order valence-corrected chi connectivity index (χ4v) is 5.57. The lowest BCUT2D eigenvalue weighted by atomic mass is 10.2. The lowest BCUT2D eigenvalue weighted by molar-refractivity contribution is -0.121. The van der Waals surface area contributed by atoms with Gasteiger partial charge in [0.25, 0.3) is 0 Å². The number of hydrogen-bond acceptors (Lipinski definition) is 5. The Morgan fingerprint density at radius 3 is 1.83 bits per heavy atom. The maximum absolute atomic E-state index is 13.3. The molecular formula is C25H28FN3O5S2. The van der Waals surface area contributed by atoms with Crippen molar-refractivity contribution in [2.45, 2.75) is 29.8 Å². The van der Waals surface area contributed by atoms with Crippen molar-refractivity contribution in [2.24, 2.45) is 0 Å². The molecule has 8 nitrogen and oxygen atoms in total. The molecule has 1 N–H and O–H groups in total. The highest BCUT2D eigenvalue weighted by Crippen LogP contribution is 2.19. The lowest BCUT2D eigenvalue weighted by Gasteiger charge is -2.22. The van der Waals surface area contributed by atoms with Gasteiger partial charge in [-0.2, -0.15) is 4.31 Å². The van der Waals surface area contributed by atoms with Gasteiger partial charge in [-0.05, 0) is 54.4 Å². The summed E-state index contributed by atoms with van der Waals surface area (Å²) in [5.74, 6) is -0.994. The van der Waals surface area contributed by atoms with Crippen LogP contribution in [0, 0.1) is 12.7 Å². The molecule has 0 bridgehead atoms. The summed E-state index contributed by atoms with van der Waals surface area (Å²) in [7, 11) is -4.72. The Balaban J connectivity index is 1.75. The SMILES string of the molecule is Cc1ccc(S(=O)(=O)N(CC(=O)NCc2ccc(S(=O)(=O)N(C)C)cc2)Cc2ccc(F)cc2)cc1. The average molecular weight is 534 g/mol. The second-order valence-corrected chi connectivity index (χ2v) is 12.5. The standard InChI is InChI=1S/C25H28FN3O5S2/c1-19-4-12-24(13-5-19)36(33,34)29(17-21-6-10-22(26)11-7-21)18-25(30)27-16-20-8-14-23(15-9-20)35(31,32)28(2)3/h4-15H,16-18H2,1-3H3,(H,27,30). The maximum atomic E-state index is 13.3. The van der Waals surface area contributed by atoms with Crippen LogP contribution in [0.15, 0.2) is 82.6 Å². The number of amides is 1. The van der Waals surface area contributed by atoms with Gasteiger partial charge >= 0.3 is 0 Å². The molecule has 3 aromatic carbocycles. The van der Waals surface area contributed by atoms with Gasteiger partial charge in [-0.3, -0.25) is 4.79 Å². The number of benzene rings is 3. The van der Waals surface area contributed by atoms with Gasteiger partial charge in [0.15, 0.2) is 0 Å². The molecule has 0 aromatic heterocycles. The first kappa shape index (κ1) is 27.5. The van der Waals surface area contributed by atoms with Crippen molar-refractivity contribution in [3.63, 3.8) is 0 Å². The van der Waals surface area contributed by atoms with E-state index in [0.29, 0.717) is 11.1 Å². The third-order valence-electron chi connectivity index (χ3n) is 5.44. The zero-order valence-corrected chi connectivity index (χ0v) is 21.8. The summed E-state index contributed by atoms with van der Waals surface area (Å²) in [5, 5.41) is 2.67. The van der Waals surface area contributed by atoms with Crippen LogP contribution in [-0.4, -0.2) is 52.0 Å². The smallest absolute Gasteiger partial charge is 0.243 e. The molecule has 0 saturated heterocycles. The highest BCUT2D eigenvalue weighted by Gasteiger charge is 2.27. The summed E-state index contributed by atoms with van der Waals surface area (Å²) in [6.45, 7) is 1.33. The van der Waals surface area contributed by atoms with Crippen molar-refractivity contribution in [1.29, 1.82) is 0 Å². The van der Waals surface area contributed by atoms with Crippen LogP contribution in [0.1, 0.15) is 16.7 Å². The van der Waals surface area contributed by atoms with Crippen molar-refractivity contribution in [1.82, 2.24) is 13.9 Å². The largest absolute Gasteiger partial charge is 0.351 e. The second-order valence-electron chi connectivity index (χ2n) is 8.42. The van der Waals surface area contributed by atoms with Gasteiger partial charge in [-0.1, -0.05) is 42.0 Å². The number of nitrogens with one attached hydrogen (secondary N) is 1. The first-order valence-electron chi connectivity index (χ1n) is 11.0. The van der Waals surface area contributed by atoms with Crippen LogP contribution in [0.3, 0.4) is 0 Å². The number of sulfonamides is 2. The molecule has 1 amide bonds. The van der Waals surface area contributed by atoms with E-state index in [1.807, 2.05) is 6.92 Å². The quantitative estimate of drug-likeness (QED) is 0.432. The van der Waals surface area contributed by atoms with Crippen molar-refractivity contribution >= 4 is 26.0 Å². The minimum absolute atomic E-state index is 0.0423. The molecule has 0 aliphatic heterocycles. The number of rotatable bonds is 10. The first-order chi connectivity index (χ1) is 16.9. The fourth-order valence-electron chi connectivity index (χ4n) is 3.29. The van der Waals surface area contributed by atoms with Gasteiger partial charge < -0.3 is 5.32 Å². The molecule has 0 heterocycles. The van der Waals surface area contributed by atoms with E-state index in [1.54, 1.807) is 24.3 Å². The van der Waals surface area contributed by atoms with Crippen LogP contribution >= 0.6 is 0 Å². The molecule has 11 heteroatoms. The number of carbonyl (C=O) groups excluding carboxylic acids is 1. The maximum Gasteiger partial charge on any atom is 0.243 e. The molecule has 192 valence electrons. The summed E-state index contributed by atoms with van der Waals surface area (Å²) in [4.78, 5) is 12.9. The molecule has 0 aliphatic carbocycles. The van der Waals surface area contributed by atoms with Gasteiger partial charge in [0.1, 0.15) is 5.82 Å².